The van der Waals surface area contributed by atoms with Crippen molar-refractivity contribution in [3.63, 3.8) is 0 Å². The number of rotatable bonds is 4. The van der Waals surface area contributed by atoms with Gasteiger partial charge in [0.2, 0.25) is 5.91 Å². The van der Waals surface area contributed by atoms with Crippen LogP contribution >= 0.6 is 0 Å². The van der Waals surface area contributed by atoms with E-state index < -0.39 is 0 Å². The number of hydrogen-bond acceptors (Lipinski definition) is 4. The SMILES string of the molecule is Cn1c(N2CCC[C@H](C(=O)NCc3ccccc3)C2)cc(=O)n(C)c1=O. The molecule has 7 heteroatoms. The van der Waals surface area contributed by atoms with Crippen LogP contribution in [0.3, 0.4) is 0 Å². The van der Waals surface area contributed by atoms with E-state index in [1.807, 2.05) is 35.2 Å². The second-order valence-electron chi connectivity index (χ2n) is 6.73. The Hall–Kier alpha value is -2.83. The largest absolute Gasteiger partial charge is 0.357 e. The summed E-state index contributed by atoms with van der Waals surface area (Å²) in [4.78, 5) is 38.6. The Labute approximate surface area is 151 Å². The Morgan fingerprint density at radius 2 is 1.88 bits per heavy atom. The minimum Gasteiger partial charge on any atom is -0.357 e. The highest BCUT2D eigenvalue weighted by Crippen LogP contribution is 2.21. The van der Waals surface area contributed by atoms with Crippen molar-refractivity contribution in [3.8, 4) is 0 Å². The fourth-order valence-corrected chi connectivity index (χ4v) is 3.35. The third kappa shape index (κ3) is 3.71. The molecule has 1 aromatic heterocycles. The van der Waals surface area contributed by atoms with E-state index in [2.05, 4.69) is 5.32 Å². The van der Waals surface area contributed by atoms with Crippen molar-refractivity contribution >= 4 is 11.7 Å². The molecule has 0 unspecified atom stereocenters. The van der Waals surface area contributed by atoms with Gasteiger partial charge in [0.15, 0.2) is 0 Å². The van der Waals surface area contributed by atoms with Crippen molar-refractivity contribution in [2.24, 2.45) is 20.0 Å². The van der Waals surface area contributed by atoms with Gasteiger partial charge in [-0.2, -0.15) is 0 Å². The van der Waals surface area contributed by atoms with Crippen molar-refractivity contribution in [2.75, 3.05) is 18.0 Å². The van der Waals surface area contributed by atoms with Gasteiger partial charge in [-0.25, -0.2) is 4.79 Å². The van der Waals surface area contributed by atoms with Crippen LogP contribution in [0.4, 0.5) is 5.82 Å². The van der Waals surface area contributed by atoms with E-state index >= 15 is 0 Å². The number of carbonyl (C=O) groups is 1. The summed E-state index contributed by atoms with van der Waals surface area (Å²) in [7, 11) is 3.11. The Bertz CT molecular complexity index is 901. The van der Waals surface area contributed by atoms with E-state index in [1.54, 1.807) is 7.05 Å². The Kier molecular flexibility index (Phi) is 5.25. The summed E-state index contributed by atoms with van der Waals surface area (Å²) in [5.74, 6) is 0.415. The average molecular weight is 356 g/mol. The molecule has 0 radical (unpaired) electrons. The van der Waals surface area contributed by atoms with Crippen LogP contribution < -0.4 is 21.5 Å². The number of benzene rings is 1. The van der Waals surface area contributed by atoms with E-state index in [9.17, 15) is 14.4 Å². The summed E-state index contributed by atoms with van der Waals surface area (Å²) in [6, 6.07) is 11.2. The maximum atomic E-state index is 12.5. The molecule has 1 aliphatic rings. The molecule has 2 heterocycles. The van der Waals surface area contributed by atoms with E-state index in [0.29, 0.717) is 18.9 Å². The van der Waals surface area contributed by atoms with Gasteiger partial charge >= 0.3 is 5.69 Å². The van der Waals surface area contributed by atoms with Gasteiger partial charge in [-0.3, -0.25) is 18.7 Å². The molecule has 26 heavy (non-hydrogen) atoms. The fourth-order valence-electron chi connectivity index (χ4n) is 3.35. The summed E-state index contributed by atoms with van der Waals surface area (Å²) >= 11 is 0. The maximum Gasteiger partial charge on any atom is 0.332 e. The Morgan fingerprint density at radius 3 is 2.62 bits per heavy atom. The number of hydrogen-bond donors (Lipinski definition) is 1. The fraction of sp³-hybridized carbons (Fsp3) is 0.421. The Balaban J connectivity index is 1.70. The lowest BCUT2D eigenvalue weighted by Gasteiger charge is -2.34. The molecule has 138 valence electrons. The summed E-state index contributed by atoms with van der Waals surface area (Å²) in [6.45, 7) is 1.73. The van der Waals surface area contributed by atoms with Crippen LogP contribution in [0.25, 0.3) is 0 Å². The third-order valence-corrected chi connectivity index (χ3v) is 4.93. The van der Waals surface area contributed by atoms with Crippen molar-refractivity contribution in [1.29, 1.82) is 0 Å². The van der Waals surface area contributed by atoms with Gasteiger partial charge in [0.1, 0.15) is 5.82 Å². The first-order valence-corrected chi connectivity index (χ1v) is 8.81. The van der Waals surface area contributed by atoms with Gasteiger partial charge in [0.25, 0.3) is 5.56 Å². The average Bonchev–Trinajstić information content (AvgIpc) is 2.68. The molecule has 1 fully saturated rings. The summed E-state index contributed by atoms with van der Waals surface area (Å²) in [5, 5.41) is 2.99. The van der Waals surface area contributed by atoms with E-state index in [1.165, 1.54) is 17.7 Å². The lowest BCUT2D eigenvalue weighted by Crippen LogP contribution is -2.46. The molecular weight excluding hydrogens is 332 g/mol. The first kappa shape index (κ1) is 18.0. The highest BCUT2D eigenvalue weighted by Gasteiger charge is 2.27. The minimum absolute atomic E-state index is 0.00684. The zero-order chi connectivity index (χ0) is 18.7. The van der Waals surface area contributed by atoms with Crippen LogP contribution in [0.1, 0.15) is 18.4 Å². The van der Waals surface area contributed by atoms with Crippen LogP contribution in [-0.4, -0.2) is 28.1 Å². The highest BCUT2D eigenvalue weighted by molar-refractivity contribution is 5.79. The zero-order valence-electron chi connectivity index (χ0n) is 15.1. The molecule has 1 N–H and O–H groups in total. The van der Waals surface area contributed by atoms with Crippen LogP contribution in [0.15, 0.2) is 46.0 Å². The van der Waals surface area contributed by atoms with Gasteiger partial charge in [-0.15, -0.1) is 0 Å². The predicted octanol–water partition coefficient (Wildman–Crippen LogP) is 0.617. The van der Waals surface area contributed by atoms with Crippen LogP contribution in [0.5, 0.6) is 0 Å². The number of nitrogens with zero attached hydrogens (tertiary/aromatic N) is 3. The summed E-state index contributed by atoms with van der Waals surface area (Å²) < 4.78 is 2.54. The topological polar surface area (TPSA) is 76.3 Å². The van der Waals surface area contributed by atoms with Crippen molar-refractivity contribution in [1.82, 2.24) is 14.5 Å². The first-order valence-electron chi connectivity index (χ1n) is 8.81. The Morgan fingerprint density at radius 1 is 1.15 bits per heavy atom. The number of piperidine rings is 1. The molecule has 0 aliphatic carbocycles. The third-order valence-electron chi connectivity index (χ3n) is 4.93. The van der Waals surface area contributed by atoms with Crippen molar-refractivity contribution in [2.45, 2.75) is 19.4 Å². The predicted molar refractivity (Wildman–Crippen MR) is 100 cm³/mol. The molecule has 1 atom stereocenters. The monoisotopic (exact) mass is 356 g/mol. The van der Waals surface area contributed by atoms with Crippen molar-refractivity contribution in [3.05, 3.63) is 62.8 Å². The number of nitrogens with one attached hydrogen (secondary N) is 1. The molecule has 1 amide bonds. The van der Waals surface area contributed by atoms with Crippen LogP contribution in [0, 0.1) is 5.92 Å². The molecular formula is C19H24N4O3. The van der Waals surface area contributed by atoms with Gasteiger partial charge < -0.3 is 10.2 Å². The molecule has 1 saturated heterocycles. The van der Waals surface area contributed by atoms with E-state index in [0.717, 1.165) is 29.5 Å². The second kappa shape index (κ2) is 7.59. The van der Waals surface area contributed by atoms with Crippen molar-refractivity contribution < 1.29 is 4.79 Å². The molecule has 1 aliphatic heterocycles. The summed E-state index contributed by atoms with van der Waals surface area (Å²) in [6.07, 6.45) is 1.64. The molecule has 7 nitrogen and oxygen atoms in total. The van der Waals surface area contributed by atoms with Gasteiger partial charge in [0, 0.05) is 39.8 Å². The molecule has 0 spiro atoms. The first-order chi connectivity index (χ1) is 12.5. The lowest BCUT2D eigenvalue weighted by molar-refractivity contribution is -0.125. The number of anilines is 1. The standard InChI is InChI=1S/C19H24N4O3/c1-21-16(11-17(24)22(2)19(21)26)23-10-6-9-15(13-23)18(25)20-12-14-7-4-3-5-8-14/h3-5,7-8,11,15H,6,9-10,12-13H2,1-2H3,(H,20,25)/t15-/m0/s1. The molecule has 2 aromatic rings. The second-order valence-corrected chi connectivity index (χ2v) is 6.73. The highest BCUT2D eigenvalue weighted by atomic mass is 16.2. The molecule has 0 bridgehead atoms. The molecule has 1 aromatic carbocycles. The maximum absolute atomic E-state index is 12.5. The number of amides is 1. The number of aromatic nitrogens is 2. The van der Waals surface area contributed by atoms with Gasteiger partial charge in [-0.1, -0.05) is 30.3 Å². The molecule has 3 rings (SSSR count). The normalized spacial score (nSPS) is 17.2. The van der Waals surface area contributed by atoms with E-state index in [-0.39, 0.29) is 23.1 Å². The van der Waals surface area contributed by atoms with E-state index in [4.69, 9.17) is 0 Å². The smallest absolute Gasteiger partial charge is 0.332 e. The van der Waals surface area contributed by atoms with Crippen LogP contribution in [0.2, 0.25) is 0 Å². The van der Waals surface area contributed by atoms with Gasteiger partial charge in [-0.05, 0) is 18.4 Å². The number of carbonyl (C=O) groups excluding carboxylic acids is 1. The lowest BCUT2D eigenvalue weighted by atomic mass is 9.97. The zero-order valence-corrected chi connectivity index (χ0v) is 15.1. The quantitative estimate of drug-likeness (QED) is 0.871. The minimum atomic E-state index is -0.358. The van der Waals surface area contributed by atoms with Crippen LogP contribution in [-0.2, 0) is 25.4 Å². The molecule has 0 saturated carbocycles. The van der Waals surface area contributed by atoms with Gasteiger partial charge in [0.05, 0.1) is 5.92 Å². The summed E-state index contributed by atoms with van der Waals surface area (Å²) in [5.41, 5.74) is 0.365.